The molecule has 2 aliphatic rings. The summed E-state index contributed by atoms with van der Waals surface area (Å²) in [5.74, 6) is 0.240. The van der Waals surface area contributed by atoms with E-state index in [2.05, 4.69) is 52.3 Å². The Morgan fingerprint density at radius 3 is 2.38 bits per heavy atom. The summed E-state index contributed by atoms with van der Waals surface area (Å²) in [5.41, 5.74) is 2.54. The lowest BCUT2D eigenvalue weighted by Gasteiger charge is -2.31. The van der Waals surface area contributed by atoms with Crippen molar-refractivity contribution in [2.75, 3.05) is 13.2 Å². The molecule has 0 fully saturated rings. The van der Waals surface area contributed by atoms with Gasteiger partial charge in [0.15, 0.2) is 5.78 Å². The average Bonchev–Trinajstić information content (AvgIpc) is 3.11. The molecule has 0 spiro atoms. The zero-order valence-electron chi connectivity index (χ0n) is 14.7. The average molecular weight is 362 g/mol. The molecule has 0 amide bonds. The first-order valence-corrected chi connectivity index (χ1v) is 9.79. The number of Topliss-reactive ketones (excluding diaryl/α,β-unsaturated/α-hetero) is 1. The SMILES string of the molecule is O=C(CCc1ccccc1)C1=CN2CN(Cc3ccccc3)CC=C2S1. The molecular weight excluding hydrogens is 340 g/mol. The minimum atomic E-state index is 0.240. The second kappa shape index (κ2) is 7.94. The summed E-state index contributed by atoms with van der Waals surface area (Å²) in [6, 6.07) is 20.7. The first kappa shape index (κ1) is 17.1. The smallest absolute Gasteiger partial charge is 0.171 e. The number of allylic oxidation sites excluding steroid dienone is 1. The van der Waals surface area contributed by atoms with Crippen LogP contribution >= 0.6 is 11.8 Å². The van der Waals surface area contributed by atoms with Gasteiger partial charge in [0, 0.05) is 25.7 Å². The van der Waals surface area contributed by atoms with Crippen LogP contribution in [-0.4, -0.2) is 28.8 Å². The van der Waals surface area contributed by atoms with Crippen LogP contribution in [0.3, 0.4) is 0 Å². The summed E-state index contributed by atoms with van der Waals surface area (Å²) in [4.78, 5) is 18.0. The molecule has 0 unspecified atom stereocenters. The number of hydrogen-bond donors (Lipinski definition) is 0. The van der Waals surface area contributed by atoms with E-state index < -0.39 is 0 Å². The normalized spacial score (nSPS) is 16.8. The van der Waals surface area contributed by atoms with Crippen LogP contribution in [0.15, 0.2) is 82.9 Å². The third kappa shape index (κ3) is 4.09. The molecular formula is C22H22N2OS. The second-order valence-corrected chi connectivity index (χ2v) is 7.72. The summed E-state index contributed by atoms with van der Waals surface area (Å²) in [6.07, 6.45) is 5.63. The van der Waals surface area contributed by atoms with Gasteiger partial charge in [-0.1, -0.05) is 72.4 Å². The van der Waals surface area contributed by atoms with Gasteiger partial charge in [0.1, 0.15) is 0 Å². The number of nitrogens with zero attached hydrogens (tertiary/aromatic N) is 2. The predicted octanol–water partition coefficient (Wildman–Crippen LogP) is 4.39. The number of carbonyl (C=O) groups is 1. The number of fused-ring (bicyclic) bond motifs is 1. The lowest BCUT2D eigenvalue weighted by atomic mass is 10.1. The van der Waals surface area contributed by atoms with Gasteiger partial charge in [-0.25, -0.2) is 0 Å². The summed E-state index contributed by atoms with van der Waals surface area (Å²) in [6.45, 7) is 2.69. The van der Waals surface area contributed by atoms with Crippen LogP contribution in [0.5, 0.6) is 0 Å². The van der Waals surface area contributed by atoms with Crippen molar-refractivity contribution in [1.82, 2.24) is 9.80 Å². The van der Waals surface area contributed by atoms with Gasteiger partial charge in [-0.05, 0) is 23.6 Å². The molecule has 0 radical (unpaired) electrons. The molecule has 2 aromatic carbocycles. The van der Waals surface area contributed by atoms with E-state index in [-0.39, 0.29) is 5.78 Å². The van der Waals surface area contributed by atoms with Crippen molar-refractivity contribution in [3.8, 4) is 0 Å². The van der Waals surface area contributed by atoms with E-state index in [0.29, 0.717) is 6.42 Å². The van der Waals surface area contributed by atoms with Crippen LogP contribution in [0.1, 0.15) is 17.5 Å². The molecule has 0 aliphatic carbocycles. The first-order valence-electron chi connectivity index (χ1n) is 8.98. The number of thioether (sulfide) groups is 1. The maximum atomic E-state index is 12.6. The fraction of sp³-hybridized carbons (Fsp3) is 0.227. The highest BCUT2D eigenvalue weighted by Crippen LogP contribution is 2.39. The van der Waals surface area contributed by atoms with E-state index >= 15 is 0 Å². The zero-order chi connectivity index (χ0) is 17.8. The van der Waals surface area contributed by atoms with Gasteiger partial charge in [0.2, 0.25) is 0 Å². The number of rotatable bonds is 6. The van der Waals surface area contributed by atoms with Gasteiger partial charge < -0.3 is 4.90 Å². The molecule has 2 aliphatic heterocycles. The topological polar surface area (TPSA) is 23.6 Å². The molecule has 0 saturated heterocycles. The van der Waals surface area contributed by atoms with E-state index in [1.165, 1.54) is 16.2 Å². The molecule has 0 atom stereocenters. The predicted molar refractivity (Wildman–Crippen MR) is 107 cm³/mol. The molecule has 0 aromatic heterocycles. The minimum absolute atomic E-state index is 0.240. The largest absolute Gasteiger partial charge is 0.328 e. The van der Waals surface area contributed by atoms with Crippen LogP contribution in [0.4, 0.5) is 0 Å². The van der Waals surface area contributed by atoms with Gasteiger partial charge in [-0.15, -0.1) is 0 Å². The van der Waals surface area contributed by atoms with Gasteiger partial charge in [0.25, 0.3) is 0 Å². The van der Waals surface area contributed by atoms with Crippen molar-refractivity contribution in [3.05, 3.63) is 94.0 Å². The fourth-order valence-corrected chi connectivity index (χ4v) is 4.27. The van der Waals surface area contributed by atoms with Crippen molar-refractivity contribution in [2.24, 2.45) is 0 Å². The van der Waals surface area contributed by atoms with Crippen LogP contribution < -0.4 is 0 Å². The second-order valence-electron chi connectivity index (χ2n) is 6.65. The maximum absolute atomic E-state index is 12.6. The third-order valence-electron chi connectivity index (χ3n) is 4.65. The molecule has 2 aromatic rings. The number of aryl methyl sites for hydroxylation is 1. The van der Waals surface area contributed by atoms with Crippen LogP contribution in [0.2, 0.25) is 0 Å². The Bertz CT molecular complexity index is 830. The van der Waals surface area contributed by atoms with Crippen LogP contribution in [-0.2, 0) is 17.8 Å². The molecule has 0 saturated carbocycles. The van der Waals surface area contributed by atoms with Crippen LogP contribution in [0.25, 0.3) is 0 Å². The Morgan fingerprint density at radius 2 is 1.65 bits per heavy atom. The van der Waals surface area contributed by atoms with Crippen molar-refractivity contribution in [1.29, 1.82) is 0 Å². The van der Waals surface area contributed by atoms with E-state index in [9.17, 15) is 4.79 Å². The highest BCUT2D eigenvalue weighted by molar-refractivity contribution is 8.07. The summed E-state index contributed by atoms with van der Waals surface area (Å²) in [7, 11) is 0. The van der Waals surface area contributed by atoms with Crippen LogP contribution in [0, 0.1) is 0 Å². The number of carbonyl (C=O) groups excluding carboxylic acids is 1. The van der Waals surface area contributed by atoms with Crippen molar-refractivity contribution in [3.63, 3.8) is 0 Å². The number of benzene rings is 2. The monoisotopic (exact) mass is 362 g/mol. The summed E-state index contributed by atoms with van der Waals surface area (Å²) in [5, 5.41) is 1.19. The lowest BCUT2D eigenvalue weighted by molar-refractivity contribution is -0.114. The van der Waals surface area contributed by atoms with E-state index in [4.69, 9.17) is 0 Å². The molecule has 0 bridgehead atoms. The quantitative estimate of drug-likeness (QED) is 0.760. The van der Waals surface area contributed by atoms with Crippen molar-refractivity contribution < 1.29 is 4.79 Å². The molecule has 0 N–H and O–H groups in total. The highest BCUT2D eigenvalue weighted by Gasteiger charge is 2.27. The highest BCUT2D eigenvalue weighted by atomic mass is 32.2. The molecule has 2 heterocycles. The van der Waals surface area contributed by atoms with Gasteiger partial charge in [-0.2, -0.15) is 0 Å². The Labute approximate surface area is 159 Å². The maximum Gasteiger partial charge on any atom is 0.171 e. The summed E-state index contributed by atoms with van der Waals surface area (Å²) >= 11 is 1.62. The molecule has 3 nitrogen and oxygen atoms in total. The zero-order valence-corrected chi connectivity index (χ0v) is 15.5. The first-order chi connectivity index (χ1) is 12.8. The van der Waals surface area contributed by atoms with E-state index in [1.807, 2.05) is 30.5 Å². The standard InChI is InChI=1S/C22H22N2OS/c25-20(12-11-18-7-3-1-4-8-18)21-16-24-17-23(14-13-22(24)26-21)15-19-9-5-2-6-10-19/h1-10,13,16H,11-12,14-15,17H2. The minimum Gasteiger partial charge on any atom is -0.328 e. The lowest BCUT2D eigenvalue weighted by Crippen LogP contribution is -2.36. The number of ketones is 1. The van der Waals surface area contributed by atoms with E-state index in [1.54, 1.807) is 11.8 Å². The molecule has 132 valence electrons. The van der Waals surface area contributed by atoms with Gasteiger partial charge >= 0.3 is 0 Å². The summed E-state index contributed by atoms with van der Waals surface area (Å²) < 4.78 is 0. The number of hydrogen-bond acceptors (Lipinski definition) is 4. The molecule has 4 heteroatoms. The Morgan fingerprint density at radius 1 is 0.962 bits per heavy atom. The Hall–Kier alpha value is -2.30. The van der Waals surface area contributed by atoms with Gasteiger partial charge in [0.05, 0.1) is 16.6 Å². The van der Waals surface area contributed by atoms with Crippen molar-refractivity contribution in [2.45, 2.75) is 19.4 Å². The molecule has 26 heavy (non-hydrogen) atoms. The molecule has 4 rings (SSSR count). The van der Waals surface area contributed by atoms with E-state index in [0.717, 1.165) is 31.1 Å². The Kier molecular flexibility index (Phi) is 5.23. The van der Waals surface area contributed by atoms with Crippen molar-refractivity contribution >= 4 is 17.5 Å². The fourth-order valence-electron chi connectivity index (χ4n) is 3.26. The third-order valence-corrected chi connectivity index (χ3v) is 5.82. The Balaban J connectivity index is 1.35. The van der Waals surface area contributed by atoms with Gasteiger partial charge in [-0.3, -0.25) is 9.69 Å².